The van der Waals surface area contributed by atoms with E-state index in [0.29, 0.717) is 18.7 Å². The summed E-state index contributed by atoms with van der Waals surface area (Å²) in [6.07, 6.45) is 6.36. The van der Waals surface area contributed by atoms with Gasteiger partial charge in [-0.05, 0) is 48.7 Å². The first-order valence-electron chi connectivity index (χ1n) is 9.41. The average Bonchev–Trinajstić information content (AvgIpc) is 3.00. The summed E-state index contributed by atoms with van der Waals surface area (Å²) in [5.74, 6) is -2.43. The minimum atomic E-state index is -3.54. The summed E-state index contributed by atoms with van der Waals surface area (Å²) in [5, 5.41) is 2.15. The molecule has 0 saturated carbocycles. The van der Waals surface area contributed by atoms with Crippen LogP contribution in [-0.2, 0) is 14.8 Å². The van der Waals surface area contributed by atoms with E-state index >= 15 is 0 Å². The quantitative estimate of drug-likeness (QED) is 0.738. The molecule has 1 fully saturated rings. The Hall–Kier alpha value is -2.58. The molecular weight excluding hydrogens is 398 g/mol. The molecule has 1 aliphatic rings. The highest BCUT2D eigenvalue weighted by atomic mass is 32.2. The van der Waals surface area contributed by atoms with Crippen LogP contribution in [0.3, 0.4) is 0 Å². The van der Waals surface area contributed by atoms with E-state index in [1.807, 2.05) is 0 Å². The molecule has 0 radical (unpaired) electrons. The molecule has 1 aliphatic heterocycles. The molecule has 0 spiro atoms. The molecule has 0 unspecified atom stereocenters. The van der Waals surface area contributed by atoms with Crippen LogP contribution in [0.25, 0.3) is 6.08 Å². The summed E-state index contributed by atoms with van der Waals surface area (Å²) in [5.41, 5.74) is 0.0741. The van der Waals surface area contributed by atoms with Crippen LogP contribution in [0, 0.1) is 11.6 Å². The zero-order valence-corrected chi connectivity index (χ0v) is 16.6. The lowest BCUT2D eigenvalue weighted by Gasteiger charge is -2.19. The van der Waals surface area contributed by atoms with Crippen molar-refractivity contribution in [2.75, 3.05) is 18.4 Å². The Kier molecular flexibility index (Phi) is 6.76. The number of nitrogens with one attached hydrogen (secondary N) is 1. The molecule has 5 nitrogen and oxygen atoms in total. The van der Waals surface area contributed by atoms with E-state index in [9.17, 15) is 22.0 Å². The van der Waals surface area contributed by atoms with Gasteiger partial charge in [0.2, 0.25) is 15.9 Å². The number of hydrogen-bond acceptors (Lipinski definition) is 3. The zero-order valence-electron chi connectivity index (χ0n) is 15.8. The molecule has 2 aromatic carbocycles. The molecule has 0 bridgehead atoms. The largest absolute Gasteiger partial charge is 0.318 e. The van der Waals surface area contributed by atoms with Crippen molar-refractivity contribution in [2.24, 2.45) is 0 Å². The molecule has 1 amide bonds. The van der Waals surface area contributed by atoms with Crippen molar-refractivity contribution in [1.82, 2.24) is 4.31 Å². The van der Waals surface area contributed by atoms with Gasteiger partial charge in [0.1, 0.15) is 17.3 Å². The Balaban J connectivity index is 1.67. The van der Waals surface area contributed by atoms with E-state index in [-0.39, 0.29) is 4.90 Å². The maximum absolute atomic E-state index is 13.6. The minimum Gasteiger partial charge on any atom is -0.318 e. The third-order valence-corrected chi connectivity index (χ3v) is 6.63. The summed E-state index contributed by atoms with van der Waals surface area (Å²) in [6, 6.07) is 9.45. The number of nitrogens with zero attached hydrogens (tertiary/aromatic N) is 1. The van der Waals surface area contributed by atoms with E-state index in [4.69, 9.17) is 0 Å². The number of anilines is 1. The van der Waals surface area contributed by atoms with Gasteiger partial charge in [-0.25, -0.2) is 17.2 Å². The maximum atomic E-state index is 13.6. The normalized spacial score (nSPS) is 15.9. The Bertz CT molecular complexity index is 977. The number of rotatable bonds is 5. The third kappa shape index (κ3) is 5.27. The van der Waals surface area contributed by atoms with Crippen LogP contribution in [0.4, 0.5) is 14.5 Å². The summed E-state index contributed by atoms with van der Waals surface area (Å²) in [6.45, 7) is 1.05. The third-order valence-electron chi connectivity index (χ3n) is 4.72. The Morgan fingerprint density at radius 2 is 1.52 bits per heavy atom. The van der Waals surface area contributed by atoms with Gasteiger partial charge in [0, 0.05) is 19.2 Å². The Labute approximate surface area is 169 Å². The maximum Gasteiger partial charge on any atom is 0.248 e. The molecule has 0 atom stereocenters. The molecular formula is C21H22F2N2O3S. The van der Waals surface area contributed by atoms with Crippen molar-refractivity contribution >= 4 is 27.7 Å². The highest BCUT2D eigenvalue weighted by molar-refractivity contribution is 7.89. The molecule has 3 rings (SSSR count). The fraction of sp³-hybridized carbons (Fsp3) is 0.286. The molecule has 0 aromatic heterocycles. The monoisotopic (exact) mass is 420 g/mol. The minimum absolute atomic E-state index is 0.203. The first kappa shape index (κ1) is 21.1. The van der Waals surface area contributed by atoms with Crippen molar-refractivity contribution in [3.63, 3.8) is 0 Å². The second kappa shape index (κ2) is 9.28. The summed E-state index contributed by atoms with van der Waals surface area (Å²) >= 11 is 0. The van der Waals surface area contributed by atoms with Crippen LogP contribution in [0.1, 0.15) is 31.2 Å². The highest BCUT2D eigenvalue weighted by Crippen LogP contribution is 2.21. The number of halogens is 2. The number of carbonyl (C=O) groups is 1. The fourth-order valence-electron chi connectivity index (χ4n) is 3.14. The van der Waals surface area contributed by atoms with Crippen LogP contribution in [0.5, 0.6) is 0 Å². The van der Waals surface area contributed by atoms with Gasteiger partial charge in [0.15, 0.2) is 0 Å². The smallest absolute Gasteiger partial charge is 0.248 e. The first-order valence-corrected chi connectivity index (χ1v) is 10.9. The van der Waals surface area contributed by atoms with Gasteiger partial charge in [-0.2, -0.15) is 4.31 Å². The van der Waals surface area contributed by atoms with Gasteiger partial charge in [-0.15, -0.1) is 0 Å². The van der Waals surface area contributed by atoms with Crippen LogP contribution < -0.4 is 5.32 Å². The van der Waals surface area contributed by atoms with Crippen molar-refractivity contribution in [3.8, 4) is 0 Å². The van der Waals surface area contributed by atoms with Crippen LogP contribution in [0.15, 0.2) is 53.4 Å². The molecule has 2 aromatic rings. The molecule has 1 N–H and O–H groups in total. The van der Waals surface area contributed by atoms with Gasteiger partial charge < -0.3 is 5.32 Å². The second-order valence-electron chi connectivity index (χ2n) is 6.81. The van der Waals surface area contributed by atoms with Crippen LogP contribution >= 0.6 is 0 Å². The molecule has 1 saturated heterocycles. The Morgan fingerprint density at radius 1 is 0.931 bits per heavy atom. The van der Waals surface area contributed by atoms with Crippen molar-refractivity contribution < 1.29 is 22.0 Å². The van der Waals surface area contributed by atoms with Crippen molar-refractivity contribution in [2.45, 2.75) is 30.6 Å². The molecule has 154 valence electrons. The van der Waals surface area contributed by atoms with E-state index in [2.05, 4.69) is 5.32 Å². The predicted molar refractivity (Wildman–Crippen MR) is 108 cm³/mol. The first-order chi connectivity index (χ1) is 13.9. The van der Waals surface area contributed by atoms with Gasteiger partial charge in [-0.1, -0.05) is 31.0 Å². The topological polar surface area (TPSA) is 66.5 Å². The van der Waals surface area contributed by atoms with Crippen molar-refractivity contribution in [1.29, 1.82) is 0 Å². The van der Waals surface area contributed by atoms with Crippen LogP contribution in [0.2, 0.25) is 0 Å². The number of benzene rings is 2. The van der Waals surface area contributed by atoms with E-state index in [1.165, 1.54) is 28.6 Å². The van der Waals surface area contributed by atoms with Crippen LogP contribution in [-0.4, -0.2) is 31.7 Å². The molecule has 0 aliphatic carbocycles. The molecule has 29 heavy (non-hydrogen) atoms. The summed E-state index contributed by atoms with van der Waals surface area (Å²) < 4.78 is 54.2. The fourth-order valence-corrected chi connectivity index (χ4v) is 4.65. The lowest BCUT2D eigenvalue weighted by molar-refractivity contribution is -0.111. The summed E-state index contributed by atoms with van der Waals surface area (Å²) in [4.78, 5) is 12.1. The Morgan fingerprint density at radius 3 is 2.10 bits per heavy atom. The van der Waals surface area contributed by atoms with Crippen molar-refractivity contribution in [3.05, 3.63) is 65.7 Å². The lowest BCUT2D eigenvalue weighted by Crippen LogP contribution is -2.31. The van der Waals surface area contributed by atoms with Gasteiger partial charge in [-0.3, -0.25) is 4.79 Å². The zero-order chi connectivity index (χ0) is 20.9. The number of carbonyl (C=O) groups excluding carboxylic acids is 1. The van der Waals surface area contributed by atoms with E-state index in [0.717, 1.165) is 43.9 Å². The predicted octanol–water partition coefficient (Wildman–Crippen LogP) is 4.18. The van der Waals surface area contributed by atoms with Gasteiger partial charge in [0.05, 0.1) is 4.90 Å². The second-order valence-corrected chi connectivity index (χ2v) is 8.74. The number of sulfonamides is 1. The summed E-state index contributed by atoms with van der Waals surface area (Å²) in [7, 11) is -3.54. The molecule has 8 heteroatoms. The van der Waals surface area contributed by atoms with Gasteiger partial charge in [0.25, 0.3) is 0 Å². The number of amides is 1. The van der Waals surface area contributed by atoms with E-state index < -0.39 is 33.3 Å². The lowest BCUT2D eigenvalue weighted by atomic mass is 10.2. The molecule has 1 heterocycles. The SMILES string of the molecule is O=C(C=Cc1ccc(S(=O)(=O)N2CCCCCC2)cc1)Nc1c(F)cccc1F. The standard InChI is InChI=1S/C21H22F2N2O3S/c22-18-6-5-7-19(23)21(18)24-20(26)13-10-16-8-11-17(12-9-16)29(27,28)25-14-3-1-2-4-15-25/h5-13H,1-4,14-15H2,(H,24,26). The van der Waals surface area contributed by atoms with E-state index in [1.54, 1.807) is 12.1 Å². The highest BCUT2D eigenvalue weighted by Gasteiger charge is 2.24. The van der Waals surface area contributed by atoms with Gasteiger partial charge >= 0.3 is 0 Å². The number of para-hydroxylation sites is 1. The number of hydrogen-bond donors (Lipinski definition) is 1. The average molecular weight is 420 g/mol.